The van der Waals surface area contributed by atoms with Crippen molar-refractivity contribution in [3.05, 3.63) is 40.2 Å². The molecule has 2 aromatic rings. The van der Waals surface area contributed by atoms with Crippen LogP contribution in [0.1, 0.15) is 9.67 Å². The van der Waals surface area contributed by atoms with Gasteiger partial charge >= 0.3 is 12.0 Å². The van der Waals surface area contributed by atoms with Gasteiger partial charge in [0, 0.05) is 9.90 Å². The molecule has 0 unspecified atom stereocenters. The van der Waals surface area contributed by atoms with Gasteiger partial charge in [-0.25, -0.2) is 9.59 Å². The van der Waals surface area contributed by atoms with E-state index in [2.05, 4.69) is 5.32 Å². The van der Waals surface area contributed by atoms with Crippen molar-refractivity contribution in [1.29, 1.82) is 0 Å². The smallest absolute Gasteiger partial charge is 0.350 e. The Balaban J connectivity index is 2.29. The number of benzene rings is 1. The van der Waals surface area contributed by atoms with Crippen LogP contribution in [0.4, 0.5) is 10.5 Å². The molecule has 138 valence electrons. The molecule has 3 amide bonds. The van der Waals surface area contributed by atoms with Gasteiger partial charge in [-0.05, 0) is 23.8 Å². The van der Waals surface area contributed by atoms with Crippen molar-refractivity contribution in [2.45, 2.75) is 3.79 Å². The molecule has 0 aliphatic rings. The Morgan fingerprint density at radius 2 is 1.73 bits per heavy atom. The molecular weight excluding hydrogens is 446 g/mol. The van der Waals surface area contributed by atoms with Crippen molar-refractivity contribution >= 4 is 81.3 Å². The summed E-state index contributed by atoms with van der Waals surface area (Å²) in [5.74, 6) is -1.79. The van der Waals surface area contributed by atoms with Crippen molar-refractivity contribution in [1.82, 2.24) is 5.32 Å². The minimum absolute atomic E-state index is 0.133. The van der Waals surface area contributed by atoms with E-state index in [0.29, 0.717) is 9.90 Å². The number of urea groups is 1. The number of ether oxygens (including phenoxy) is 1. The number of methoxy groups -OCH3 is 1. The monoisotopic (exact) mass is 454 g/mol. The summed E-state index contributed by atoms with van der Waals surface area (Å²) >= 11 is 23.1. The molecule has 2 N–H and O–H groups in total. The van der Waals surface area contributed by atoms with Crippen LogP contribution in [-0.4, -0.2) is 28.8 Å². The number of amides is 3. The Morgan fingerprint density at radius 1 is 1.12 bits per heavy atom. The summed E-state index contributed by atoms with van der Waals surface area (Å²) in [5, 5.41) is 4.78. The molecule has 0 spiro atoms. The molecule has 0 radical (unpaired) electrons. The van der Waals surface area contributed by atoms with Gasteiger partial charge in [-0.1, -0.05) is 58.5 Å². The SMILES string of the molecule is COC(=O)c1sc(-c2ccc(Cl)cc2)cc1NC(=O)NC(=O)C(Cl)(Cl)Cl. The second-order valence-corrected chi connectivity index (χ2v) is 8.53. The van der Waals surface area contributed by atoms with E-state index in [0.717, 1.165) is 16.9 Å². The molecule has 0 aliphatic heterocycles. The standard InChI is InChI=1S/C15H10Cl4N2O4S/c1-25-12(22)11-9(20-14(24)21-13(23)15(17,18)19)6-10(26-11)7-2-4-8(16)5-3-7/h2-6H,1H3,(H2,20,21,23,24). The average molecular weight is 456 g/mol. The maximum absolute atomic E-state index is 12.0. The number of anilines is 1. The van der Waals surface area contributed by atoms with Crippen LogP contribution >= 0.6 is 57.7 Å². The first-order valence-corrected chi connectivity index (χ1v) is 9.12. The van der Waals surface area contributed by atoms with Gasteiger partial charge in [-0.2, -0.15) is 0 Å². The summed E-state index contributed by atoms with van der Waals surface area (Å²) in [5.41, 5.74) is 0.914. The molecule has 0 fully saturated rings. The summed E-state index contributed by atoms with van der Waals surface area (Å²) in [6.07, 6.45) is 0. The zero-order valence-corrected chi connectivity index (χ0v) is 16.8. The lowest BCUT2D eigenvalue weighted by Crippen LogP contribution is -2.41. The van der Waals surface area contributed by atoms with Gasteiger partial charge in [-0.3, -0.25) is 10.1 Å². The third kappa shape index (κ3) is 5.25. The molecule has 2 rings (SSSR count). The largest absolute Gasteiger partial charge is 0.465 e. The van der Waals surface area contributed by atoms with E-state index in [-0.39, 0.29) is 10.6 Å². The molecule has 0 atom stereocenters. The average Bonchev–Trinajstić information content (AvgIpc) is 2.97. The summed E-state index contributed by atoms with van der Waals surface area (Å²) in [6.45, 7) is 0. The lowest BCUT2D eigenvalue weighted by molar-refractivity contribution is -0.119. The number of hydrogen-bond acceptors (Lipinski definition) is 5. The van der Waals surface area contributed by atoms with Gasteiger partial charge < -0.3 is 10.1 Å². The number of carbonyl (C=O) groups is 3. The van der Waals surface area contributed by atoms with E-state index in [9.17, 15) is 14.4 Å². The second-order valence-electron chi connectivity index (χ2n) is 4.76. The number of rotatable bonds is 3. The maximum atomic E-state index is 12.0. The number of hydrogen-bond donors (Lipinski definition) is 2. The Labute approximate surface area is 172 Å². The van der Waals surface area contributed by atoms with Crippen LogP contribution in [-0.2, 0) is 9.53 Å². The van der Waals surface area contributed by atoms with Crippen molar-refractivity contribution in [2.24, 2.45) is 0 Å². The number of thiophene rings is 1. The molecule has 0 aliphatic carbocycles. The Hall–Kier alpha value is -1.51. The highest BCUT2D eigenvalue weighted by atomic mass is 35.6. The number of halogens is 4. The molecule has 6 nitrogen and oxygen atoms in total. The molecular formula is C15H10Cl4N2O4S. The Morgan fingerprint density at radius 3 is 2.27 bits per heavy atom. The maximum Gasteiger partial charge on any atom is 0.350 e. The molecule has 26 heavy (non-hydrogen) atoms. The fourth-order valence-corrected chi connectivity index (χ4v) is 3.12. The first-order valence-electron chi connectivity index (χ1n) is 6.79. The predicted octanol–water partition coefficient (Wildman–Crippen LogP) is 4.87. The molecule has 1 aromatic carbocycles. The van der Waals surface area contributed by atoms with E-state index in [4.69, 9.17) is 51.1 Å². The third-order valence-corrected chi connectivity index (χ3v) is 4.90. The van der Waals surface area contributed by atoms with Crippen LogP contribution in [0, 0.1) is 0 Å². The van der Waals surface area contributed by atoms with Gasteiger partial charge in [-0.15, -0.1) is 11.3 Å². The second kappa shape index (κ2) is 8.45. The molecule has 0 saturated carbocycles. The quantitative estimate of drug-likeness (QED) is 0.510. The number of carbonyl (C=O) groups excluding carboxylic acids is 3. The summed E-state index contributed by atoms with van der Waals surface area (Å²) in [6, 6.07) is 7.48. The van der Waals surface area contributed by atoms with Crippen molar-refractivity contribution in [3.8, 4) is 10.4 Å². The van der Waals surface area contributed by atoms with E-state index in [1.807, 2.05) is 5.32 Å². The van der Waals surface area contributed by atoms with Crippen molar-refractivity contribution in [3.63, 3.8) is 0 Å². The normalized spacial score (nSPS) is 11.0. The van der Waals surface area contributed by atoms with E-state index in [1.54, 1.807) is 30.3 Å². The highest BCUT2D eigenvalue weighted by Crippen LogP contribution is 2.36. The number of esters is 1. The number of imide groups is 1. The zero-order chi connectivity index (χ0) is 19.5. The van der Waals surface area contributed by atoms with Gasteiger partial charge in [0.25, 0.3) is 9.70 Å². The van der Waals surface area contributed by atoms with Gasteiger partial charge in [0.05, 0.1) is 12.8 Å². The highest BCUT2D eigenvalue weighted by Gasteiger charge is 2.32. The van der Waals surface area contributed by atoms with Gasteiger partial charge in [0.2, 0.25) is 0 Å². The van der Waals surface area contributed by atoms with E-state index >= 15 is 0 Å². The highest BCUT2D eigenvalue weighted by molar-refractivity contribution is 7.18. The molecule has 0 saturated heterocycles. The van der Waals surface area contributed by atoms with Crippen LogP contribution < -0.4 is 10.6 Å². The molecule has 0 bridgehead atoms. The van der Waals surface area contributed by atoms with Gasteiger partial charge in [0.1, 0.15) is 4.88 Å². The first kappa shape index (κ1) is 20.8. The minimum atomic E-state index is -2.30. The van der Waals surface area contributed by atoms with Gasteiger partial charge in [0.15, 0.2) is 0 Å². The van der Waals surface area contributed by atoms with Crippen LogP contribution in [0.2, 0.25) is 5.02 Å². The van der Waals surface area contributed by atoms with Crippen LogP contribution in [0.15, 0.2) is 30.3 Å². The lowest BCUT2D eigenvalue weighted by Gasteiger charge is -2.11. The fourth-order valence-electron chi connectivity index (χ4n) is 1.81. The first-order chi connectivity index (χ1) is 12.1. The summed E-state index contributed by atoms with van der Waals surface area (Å²) in [7, 11) is 1.21. The summed E-state index contributed by atoms with van der Waals surface area (Å²) in [4.78, 5) is 36.2. The van der Waals surface area contributed by atoms with Crippen LogP contribution in [0.3, 0.4) is 0 Å². The zero-order valence-electron chi connectivity index (χ0n) is 12.9. The van der Waals surface area contributed by atoms with E-state index in [1.165, 1.54) is 7.11 Å². The Bertz CT molecular complexity index is 846. The number of alkyl halides is 3. The predicted molar refractivity (Wildman–Crippen MR) is 104 cm³/mol. The number of nitrogens with one attached hydrogen (secondary N) is 2. The van der Waals surface area contributed by atoms with Crippen LogP contribution in [0.5, 0.6) is 0 Å². The molecule has 1 aromatic heterocycles. The third-order valence-electron chi connectivity index (χ3n) is 2.96. The van der Waals surface area contributed by atoms with Crippen LogP contribution in [0.25, 0.3) is 10.4 Å². The lowest BCUT2D eigenvalue weighted by atomic mass is 10.2. The summed E-state index contributed by atoms with van der Waals surface area (Å²) < 4.78 is 2.41. The van der Waals surface area contributed by atoms with E-state index < -0.39 is 21.7 Å². The minimum Gasteiger partial charge on any atom is -0.465 e. The van der Waals surface area contributed by atoms with Crippen molar-refractivity contribution < 1.29 is 19.1 Å². The topological polar surface area (TPSA) is 84.5 Å². The van der Waals surface area contributed by atoms with Crippen molar-refractivity contribution in [2.75, 3.05) is 12.4 Å². The molecule has 11 heteroatoms. The Kier molecular flexibility index (Phi) is 6.76. The fraction of sp³-hybridized carbons (Fsp3) is 0.133. The molecule has 1 heterocycles.